The fraction of sp³-hybridized carbons (Fsp3) is 0.462. The van der Waals surface area contributed by atoms with Gasteiger partial charge < -0.3 is 5.32 Å². The van der Waals surface area contributed by atoms with Gasteiger partial charge in [-0.2, -0.15) is 0 Å². The van der Waals surface area contributed by atoms with Crippen molar-refractivity contribution in [3.63, 3.8) is 0 Å². The molecule has 0 bridgehead atoms. The molecule has 0 saturated heterocycles. The average Bonchev–Trinajstić information content (AvgIpc) is 2.89. The van der Waals surface area contributed by atoms with Crippen molar-refractivity contribution in [3.8, 4) is 0 Å². The molecule has 0 radical (unpaired) electrons. The van der Waals surface area contributed by atoms with Crippen LogP contribution in [0, 0.1) is 11.6 Å². The lowest BCUT2D eigenvalue weighted by atomic mass is 10.2. The Morgan fingerprint density at radius 3 is 2.68 bits per heavy atom. The Bertz CT molecular complexity index is 456. The van der Waals surface area contributed by atoms with E-state index in [4.69, 9.17) is 5.84 Å². The molecule has 0 heterocycles. The van der Waals surface area contributed by atoms with Crippen molar-refractivity contribution in [1.82, 2.24) is 10.7 Å². The van der Waals surface area contributed by atoms with Crippen LogP contribution in [-0.2, 0) is 6.54 Å². The number of hydrogen-bond donors (Lipinski definition) is 3. The molecular formula is C13H18F2N4. The molecule has 1 aromatic rings. The Morgan fingerprint density at radius 1 is 1.32 bits per heavy atom. The maximum atomic E-state index is 13.4. The summed E-state index contributed by atoms with van der Waals surface area (Å²) in [7, 11) is 0. The second-order valence-electron chi connectivity index (χ2n) is 4.67. The first-order valence-electron chi connectivity index (χ1n) is 6.40. The first-order chi connectivity index (χ1) is 9.19. The number of nitrogens with one attached hydrogen (secondary N) is 2. The summed E-state index contributed by atoms with van der Waals surface area (Å²) in [5.74, 6) is 4.63. The number of nitrogens with two attached hydrogens (primary N) is 1. The second kappa shape index (κ2) is 6.47. The van der Waals surface area contributed by atoms with Gasteiger partial charge in [-0.3, -0.25) is 5.43 Å². The molecule has 1 aliphatic carbocycles. The van der Waals surface area contributed by atoms with Crippen molar-refractivity contribution in [2.24, 2.45) is 10.8 Å². The Hall–Kier alpha value is -1.69. The van der Waals surface area contributed by atoms with E-state index in [1.807, 2.05) is 0 Å². The minimum atomic E-state index is -0.596. The molecule has 0 unspecified atom stereocenters. The van der Waals surface area contributed by atoms with Crippen molar-refractivity contribution < 1.29 is 8.78 Å². The summed E-state index contributed by atoms with van der Waals surface area (Å²) < 4.78 is 26.2. The molecule has 0 aliphatic heterocycles. The summed E-state index contributed by atoms with van der Waals surface area (Å²) in [5, 5.41) is 3.18. The summed E-state index contributed by atoms with van der Waals surface area (Å²) in [6.07, 6.45) is 4.57. The number of hydrazine groups is 1. The lowest BCUT2D eigenvalue weighted by molar-refractivity contribution is 0.571. The van der Waals surface area contributed by atoms with Crippen molar-refractivity contribution in [1.29, 1.82) is 0 Å². The highest BCUT2D eigenvalue weighted by molar-refractivity contribution is 5.79. The number of rotatable bonds is 3. The zero-order valence-corrected chi connectivity index (χ0v) is 10.6. The van der Waals surface area contributed by atoms with Crippen molar-refractivity contribution in [2.45, 2.75) is 38.3 Å². The molecule has 1 aliphatic rings. The maximum absolute atomic E-state index is 13.4. The Kier molecular flexibility index (Phi) is 4.68. The van der Waals surface area contributed by atoms with E-state index in [1.54, 1.807) is 0 Å². The van der Waals surface area contributed by atoms with Crippen LogP contribution in [0.1, 0.15) is 31.2 Å². The summed E-state index contributed by atoms with van der Waals surface area (Å²) in [6.45, 7) is 0.116. The summed E-state index contributed by atoms with van der Waals surface area (Å²) in [5.41, 5.74) is 2.81. The maximum Gasteiger partial charge on any atom is 0.206 e. The van der Waals surface area contributed by atoms with Crippen LogP contribution in [-0.4, -0.2) is 12.0 Å². The normalized spacial score (nSPS) is 16.7. The molecule has 0 atom stereocenters. The monoisotopic (exact) mass is 268 g/mol. The van der Waals surface area contributed by atoms with Gasteiger partial charge in [-0.05, 0) is 18.9 Å². The number of aliphatic imine (C=N–C) groups is 1. The molecule has 6 heteroatoms. The predicted molar refractivity (Wildman–Crippen MR) is 70.2 cm³/mol. The number of hydrogen-bond acceptors (Lipinski definition) is 2. The number of benzene rings is 1. The van der Waals surface area contributed by atoms with Gasteiger partial charge in [0.25, 0.3) is 0 Å². The molecule has 0 amide bonds. The zero-order chi connectivity index (χ0) is 13.7. The highest BCUT2D eigenvalue weighted by Gasteiger charge is 2.15. The third kappa shape index (κ3) is 3.89. The van der Waals surface area contributed by atoms with Crippen LogP contribution in [0.5, 0.6) is 0 Å². The summed E-state index contributed by atoms with van der Waals surface area (Å²) in [6, 6.07) is 3.82. The molecule has 1 fully saturated rings. The van der Waals surface area contributed by atoms with Crippen LogP contribution in [0.4, 0.5) is 8.78 Å². The van der Waals surface area contributed by atoms with E-state index in [1.165, 1.54) is 25.0 Å². The number of nitrogens with zero attached hydrogens (tertiary/aromatic N) is 1. The molecule has 2 rings (SSSR count). The third-order valence-corrected chi connectivity index (χ3v) is 3.26. The van der Waals surface area contributed by atoms with Gasteiger partial charge in [0.15, 0.2) is 0 Å². The van der Waals surface area contributed by atoms with Crippen molar-refractivity contribution in [3.05, 3.63) is 35.4 Å². The average molecular weight is 268 g/mol. The smallest absolute Gasteiger partial charge is 0.206 e. The fourth-order valence-electron chi connectivity index (χ4n) is 2.21. The first-order valence-corrected chi connectivity index (χ1v) is 6.40. The molecule has 4 nitrogen and oxygen atoms in total. The molecule has 1 aromatic carbocycles. The van der Waals surface area contributed by atoms with Gasteiger partial charge >= 0.3 is 0 Å². The molecule has 4 N–H and O–H groups in total. The van der Waals surface area contributed by atoms with Gasteiger partial charge in [-0.1, -0.05) is 18.9 Å². The van der Waals surface area contributed by atoms with Crippen molar-refractivity contribution in [2.75, 3.05) is 0 Å². The molecule has 19 heavy (non-hydrogen) atoms. The summed E-state index contributed by atoms with van der Waals surface area (Å²) >= 11 is 0. The standard InChI is InChI=1S/C13H18F2N4/c14-10-6-5-9(12(15)7-10)8-17-13(19-16)18-11-3-1-2-4-11/h5-7,11H,1-4,8,16H2,(H2,17,18,19). The zero-order valence-electron chi connectivity index (χ0n) is 10.6. The van der Waals surface area contributed by atoms with E-state index in [2.05, 4.69) is 15.7 Å². The SMILES string of the molecule is NNC(=NCc1ccc(F)cc1F)NC1CCCC1. The largest absolute Gasteiger partial charge is 0.353 e. The van der Waals surface area contributed by atoms with Crippen LogP contribution in [0.15, 0.2) is 23.2 Å². The first kappa shape index (κ1) is 13.7. The highest BCUT2D eigenvalue weighted by atomic mass is 19.1. The molecule has 104 valence electrons. The predicted octanol–water partition coefficient (Wildman–Crippen LogP) is 1.82. The Labute approximate surface area is 111 Å². The van der Waals surface area contributed by atoms with E-state index < -0.39 is 11.6 Å². The van der Waals surface area contributed by atoms with Crippen molar-refractivity contribution >= 4 is 5.96 Å². The van der Waals surface area contributed by atoms with E-state index in [0.717, 1.165) is 18.9 Å². The van der Waals surface area contributed by atoms with Crippen LogP contribution in [0.2, 0.25) is 0 Å². The van der Waals surface area contributed by atoms with E-state index in [0.29, 0.717) is 17.6 Å². The minimum absolute atomic E-state index is 0.116. The topological polar surface area (TPSA) is 62.4 Å². The fourth-order valence-corrected chi connectivity index (χ4v) is 2.21. The minimum Gasteiger partial charge on any atom is -0.353 e. The van der Waals surface area contributed by atoms with Gasteiger partial charge in [0, 0.05) is 17.7 Å². The van der Waals surface area contributed by atoms with Crippen LogP contribution in [0.3, 0.4) is 0 Å². The third-order valence-electron chi connectivity index (χ3n) is 3.26. The lowest BCUT2D eigenvalue weighted by Crippen LogP contribution is -2.45. The van der Waals surface area contributed by atoms with Crippen LogP contribution >= 0.6 is 0 Å². The Balaban J connectivity index is 1.97. The molecular weight excluding hydrogens is 250 g/mol. The van der Waals surface area contributed by atoms with E-state index in [9.17, 15) is 8.78 Å². The van der Waals surface area contributed by atoms with Gasteiger partial charge in [0.2, 0.25) is 5.96 Å². The van der Waals surface area contributed by atoms with Crippen LogP contribution in [0.25, 0.3) is 0 Å². The quantitative estimate of drug-likeness (QED) is 0.339. The van der Waals surface area contributed by atoms with Gasteiger partial charge in [0.05, 0.1) is 6.54 Å². The lowest BCUT2D eigenvalue weighted by Gasteiger charge is -2.15. The molecule has 0 aromatic heterocycles. The van der Waals surface area contributed by atoms with E-state index in [-0.39, 0.29) is 6.54 Å². The summed E-state index contributed by atoms with van der Waals surface area (Å²) in [4.78, 5) is 4.17. The van der Waals surface area contributed by atoms with Gasteiger partial charge in [0.1, 0.15) is 11.6 Å². The van der Waals surface area contributed by atoms with E-state index >= 15 is 0 Å². The number of halogens is 2. The molecule has 1 saturated carbocycles. The van der Waals surface area contributed by atoms with Gasteiger partial charge in [-0.15, -0.1) is 0 Å². The Morgan fingerprint density at radius 2 is 2.05 bits per heavy atom. The highest BCUT2D eigenvalue weighted by Crippen LogP contribution is 2.17. The second-order valence-corrected chi connectivity index (χ2v) is 4.67. The van der Waals surface area contributed by atoms with Crippen LogP contribution < -0.4 is 16.6 Å². The molecule has 0 spiro atoms. The number of guanidine groups is 1. The van der Waals surface area contributed by atoms with Gasteiger partial charge in [-0.25, -0.2) is 19.6 Å².